The first-order chi connectivity index (χ1) is 8.87. The molecule has 1 fully saturated rings. The van der Waals surface area contributed by atoms with Gasteiger partial charge < -0.3 is 5.11 Å². The molecule has 0 saturated heterocycles. The molecule has 4 heteroatoms. The number of rotatable bonds is 4. The van der Waals surface area contributed by atoms with Crippen LogP contribution >= 0.6 is 0 Å². The Morgan fingerprint density at radius 3 is 2.37 bits per heavy atom. The molecule has 1 aliphatic carbocycles. The van der Waals surface area contributed by atoms with E-state index in [0.717, 1.165) is 18.4 Å². The molecule has 1 saturated carbocycles. The molecular weight excluding hydrogens is 258 g/mol. The third-order valence-electron chi connectivity index (χ3n) is 3.70. The van der Waals surface area contributed by atoms with Crippen molar-refractivity contribution in [3.8, 4) is 0 Å². The highest BCUT2D eigenvalue weighted by molar-refractivity contribution is 7.84. The molecule has 0 aliphatic heterocycles. The lowest BCUT2D eigenvalue weighted by Crippen LogP contribution is -2.56. The lowest BCUT2D eigenvalue weighted by atomic mass is 9.66. The van der Waals surface area contributed by atoms with E-state index in [1.165, 1.54) is 0 Å². The molecule has 106 valence electrons. The van der Waals surface area contributed by atoms with Gasteiger partial charge in [-0.05, 0) is 45.1 Å². The van der Waals surface area contributed by atoms with Gasteiger partial charge in [0.2, 0.25) is 0 Å². The highest BCUT2D eigenvalue weighted by Gasteiger charge is 2.47. The molecule has 1 unspecified atom stereocenters. The smallest absolute Gasteiger partial charge is 0.0978 e. The van der Waals surface area contributed by atoms with E-state index in [-0.39, 0.29) is 16.9 Å². The highest BCUT2D eigenvalue weighted by Crippen LogP contribution is 2.46. The Kier molecular flexibility index (Phi) is 4.14. The van der Waals surface area contributed by atoms with Crippen LogP contribution in [0.25, 0.3) is 0 Å². The zero-order valence-electron chi connectivity index (χ0n) is 11.8. The van der Waals surface area contributed by atoms with Crippen LogP contribution in [0.15, 0.2) is 30.3 Å². The predicted molar refractivity (Wildman–Crippen MR) is 79.0 cm³/mol. The number of hydrogen-bond donors (Lipinski definition) is 2. The molecule has 2 N–H and O–H groups in total. The van der Waals surface area contributed by atoms with Crippen molar-refractivity contribution in [2.24, 2.45) is 5.92 Å². The van der Waals surface area contributed by atoms with Gasteiger partial charge in [-0.15, -0.1) is 0 Å². The van der Waals surface area contributed by atoms with E-state index in [2.05, 4.69) is 16.9 Å². The van der Waals surface area contributed by atoms with Gasteiger partial charge in [-0.1, -0.05) is 30.3 Å². The van der Waals surface area contributed by atoms with Gasteiger partial charge in [0.25, 0.3) is 0 Å². The van der Waals surface area contributed by atoms with Crippen molar-refractivity contribution in [2.45, 2.75) is 43.9 Å². The fraction of sp³-hybridized carbons (Fsp3) is 0.600. The molecule has 0 heterocycles. The monoisotopic (exact) mass is 281 g/mol. The number of nitrogens with one attached hydrogen (secondary N) is 1. The van der Waals surface area contributed by atoms with E-state index in [1.807, 2.05) is 39.0 Å². The van der Waals surface area contributed by atoms with Gasteiger partial charge in [0.05, 0.1) is 21.3 Å². The third-order valence-corrected chi connectivity index (χ3v) is 5.39. The molecule has 1 aromatic carbocycles. The molecule has 3 nitrogen and oxygen atoms in total. The van der Waals surface area contributed by atoms with E-state index >= 15 is 0 Å². The molecule has 0 amide bonds. The Morgan fingerprint density at radius 2 is 1.89 bits per heavy atom. The van der Waals surface area contributed by atoms with Crippen LogP contribution in [0.2, 0.25) is 0 Å². The Hall–Kier alpha value is -0.710. The standard InChI is InChI=1S/C15H23NO2S/c1-14(2,3)19(18)16-15(9-12(10-15)11-17)13-7-5-4-6-8-13/h4-8,12,16-17H,9-11H2,1-3H3. The van der Waals surface area contributed by atoms with Crippen molar-refractivity contribution in [1.29, 1.82) is 0 Å². The van der Waals surface area contributed by atoms with Crippen molar-refractivity contribution in [3.05, 3.63) is 35.9 Å². The van der Waals surface area contributed by atoms with E-state index in [0.29, 0.717) is 5.92 Å². The van der Waals surface area contributed by atoms with Crippen LogP contribution < -0.4 is 4.72 Å². The van der Waals surface area contributed by atoms with E-state index < -0.39 is 11.0 Å². The summed E-state index contributed by atoms with van der Waals surface area (Å²) in [7, 11) is -1.10. The van der Waals surface area contributed by atoms with Crippen molar-refractivity contribution >= 4 is 11.0 Å². The van der Waals surface area contributed by atoms with Gasteiger partial charge in [0.15, 0.2) is 0 Å². The Morgan fingerprint density at radius 1 is 1.32 bits per heavy atom. The van der Waals surface area contributed by atoms with Crippen LogP contribution in [0.3, 0.4) is 0 Å². The van der Waals surface area contributed by atoms with Gasteiger partial charge in [0.1, 0.15) is 0 Å². The summed E-state index contributed by atoms with van der Waals surface area (Å²) >= 11 is 0. The maximum absolute atomic E-state index is 12.4. The summed E-state index contributed by atoms with van der Waals surface area (Å²) in [5, 5.41) is 9.26. The summed E-state index contributed by atoms with van der Waals surface area (Å²) in [5.74, 6) is 0.310. The summed E-state index contributed by atoms with van der Waals surface area (Å²) < 4.78 is 15.4. The normalized spacial score (nSPS) is 28.7. The van der Waals surface area contributed by atoms with Crippen LogP contribution in [0.5, 0.6) is 0 Å². The minimum Gasteiger partial charge on any atom is -0.396 e. The molecule has 0 aromatic heterocycles. The predicted octanol–water partition coefficient (Wildman–Crippen LogP) is 2.34. The number of benzene rings is 1. The Balaban J connectivity index is 2.21. The molecule has 1 atom stereocenters. The zero-order valence-corrected chi connectivity index (χ0v) is 12.7. The zero-order chi connectivity index (χ0) is 14.1. The molecule has 0 bridgehead atoms. The number of aliphatic hydroxyl groups is 1. The second kappa shape index (κ2) is 5.35. The van der Waals surface area contributed by atoms with E-state index in [9.17, 15) is 9.32 Å². The lowest BCUT2D eigenvalue weighted by molar-refractivity contribution is 0.0698. The van der Waals surface area contributed by atoms with Crippen LogP contribution in [-0.2, 0) is 16.5 Å². The SMILES string of the molecule is CC(C)(C)S(=O)NC1(c2ccccc2)CC(CO)C1. The van der Waals surface area contributed by atoms with Crippen LogP contribution in [0.1, 0.15) is 39.2 Å². The molecule has 1 aromatic rings. The average Bonchev–Trinajstić information content (AvgIpc) is 2.32. The number of aliphatic hydroxyl groups excluding tert-OH is 1. The quantitative estimate of drug-likeness (QED) is 0.890. The van der Waals surface area contributed by atoms with E-state index in [4.69, 9.17) is 0 Å². The number of hydrogen-bond acceptors (Lipinski definition) is 2. The second-order valence-corrected chi connectivity index (χ2v) is 8.35. The van der Waals surface area contributed by atoms with Gasteiger partial charge >= 0.3 is 0 Å². The average molecular weight is 281 g/mol. The van der Waals surface area contributed by atoms with Crippen molar-refractivity contribution in [1.82, 2.24) is 4.72 Å². The van der Waals surface area contributed by atoms with Crippen molar-refractivity contribution in [2.75, 3.05) is 6.61 Å². The summed E-state index contributed by atoms with van der Waals surface area (Å²) in [4.78, 5) is 0. The summed E-state index contributed by atoms with van der Waals surface area (Å²) in [5.41, 5.74) is 0.921. The Labute approximate surface area is 118 Å². The fourth-order valence-corrected chi connectivity index (χ4v) is 3.47. The van der Waals surface area contributed by atoms with Gasteiger partial charge in [-0.25, -0.2) is 8.93 Å². The molecule has 1 aliphatic rings. The molecule has 0 radical (unpaired) electrons. The topological polar surface area (TPSA) is 49.3 Å². The molecule has 2 rings (SSSR count). The maximum atomic E-state index is 12.4. The van der Waals surface area contributed by atoms with Gasteiger partial charge in [-0.3, -0.25) is 0 Å². The Bertz CT molecular complexity index is 447. The first kappa shape index (κ1) is 14.7. The second-order valence-electron chi connectivity index (χ2n) is 6.39. The molecule has 19 heavy (non-hydrogen) atoms. The largest absolute Gasteiger partial charge is 0.396 e. The van der Waals surface area contributed by atoms with Crippen LogP contribution in [-0.4, -0.2) is 20.7 Å². The van der Waals surface area contributed by atoms with E-state index in [1.54, 1.807) is 0 Å². The lowest BCUT2D eigenvalue weighted by Gasteiger charge is -2.48. The summed E-state index contributed by atoms with van der Waals surface area (Å²) in [6.07, 6.45) is 1.69. The minimum atomic E-state index is -1.10. The van der Waals surface area contributed by atoms with Crippen LogP contribution in [0.4, 0.5) is 0 Å². The molecular formula is C15H23NO2S. The molecule has 0 spiro atoms. The fourth-order valence-electron chi connectivity index (χ4n) is 2.52. The minimum absolute atomic E-state index is 0.207. The van der Waals surface area contributed by atoms with Crippen molar-refractivity contribution in [3.63, 3.8) is 0 Å². The first-order valence-corrected chi connectivity index (χ1v) is 7.88. The van der Waals surface area contributed by atoms with Gasteiger partial charge in [-0.2, -0.15) is 0 Å². The third kappa shape index (κ3) is 3.07. The van der Waals surface area contributed by atoms with Gasteiger partial charge in [0, 0.05) is 6.61 Å². The summed E-state index contributed by atoms with van der Waals surface area (Å²) in [6, 6.07) is 10.1. The maximum Gasteiger partial charge on any atom is 0.0978 e. The highest BCUT2D eigenvalue weighted by atomic mass is 32.2. The van der Waals surface area contributed by atoms with Crippen LogP contribution in [0, 0.1) is 5.92 Å². The first-order valence-electron chi connectivity index (χ1n) is 6.73. The summed E-state index contributed by atoms with van der Waals surface area (Å²) in [6.45, 7) is 6.11. The van der Waals surface area contributed by atoms with Crippen molar-refractivity contribution < 1.29 is 9.32 Å².